The number of carbonyl (C=O) groups is 1. The number of nitrogens with one attached hydrogen (secondary N) is 1. The molecular weight excluding hydrogens is 460 g/mol. The molecule has 2 aromatic carbocycles. The average molecular weight is 483 g/mol. The number of rotatable bonds is 6. The number of nitrogens with zero attached hydrogens (tertiary/aromatic N) is 3. The van der Waals surface area contributed by atoms with Gasteiger partial charge < -0.3 is 14.9 Å². The molecule has 1 unspecified atom stereocenters. The summed E-state index contributed by atoms with van der Waals surface area (Å²) in [5, 5.41) is 11.7. The average Bonchev–Trinajstić information content (AvgIpc) is 3.36. The number of hydrogen-bond acceptors (Lipinski definition) is 5. The van der Waals surface area contributed by atoms with Crippen LogP contribution >= 0.6 is 15.9 Å². The fourth-order valence-corrected chi connectivity index (χ4v) is 3.82. The predicted octanol–water partition coefficient (Wildman–Crippen LogP) is 4.45. The van der Waals surface area contributed by atoms with E-state index in [0.29, 0.717) is 30.1 Å². The quantitative estimate of drug-likeness (QED) is 0.562. The number of oxime groups is 1. The maximum absolute atomic E-state index is 12.9. The summed E-state index contributed by atoms with van der Waals surface area (Å²) in [6.07, 6.45) is -0.328. The molecule has 0 aliphatic carbocycles. The first-order chi connectivity index (χ1) is 15.0. The lowest BCUT2D eigenvalue weighted by molar-refractivity contribution is -0.125. The lowest BCUT2D eigenvalue weighted by Crippen LogP contribution is -2.28. The van der Waals surface area contributed by atoms with E-state index in [0.717, 1.165) is 27.0 Å². The van der Waals surface area contributed by atoms with Crippen LogP contribution in [0.5, 0.6) is 5.75 Å². The molecule has 1 aliphatic heterocycles. The highest BCUT2D eigenvalue weighted by atomic mass is 79.9. The molecule has 2 heterocycles. The molecule has 1 aromatic heterocycles. The van der Waals surface area contributed by atoms with Crippen molar-refractivity contribution in [2.24, 2.45) is 5.16 Å². The van der Waals surface area contributed by atoms with Crippen LogP contribution in [-0.4, -0.2) is 34.6 Å². The minimum Gasteiger partial charge on any atom is -0.496 e. The van der Waals surface area contributed by atoms with Gasteiger partial charge >= 0.3 is 0 Å². The summed E-state index contributed by atoms with van der Waals surface area (Å²) < 4.78 is 8.31. The lowest BCUT2D eigenvalue weighted by atomic mass is 10.0. The minimum absolute atomic E-state index is 0.247. The number of hydrogen-bond donors (Lipinski definition) is 1. The summed E-state index contributed by atoms with van der Waals surface area (Å²) in [5.41, 5.74) is 4.99. The van der Waals surface area contributed by atoms with E-state index in [2.05, 4.69) is 31.5 Å². The van der Waals surface area contributed by atoms with Crippen LogP contribution in [0.15, 0.2) is 58.2 Å². The Morgan fingerprint density at radius 2 is 1.97 bits per heavy atom. The number of aromatic nitrogens is 2. The molecule has 7 nitrogen and oxygen atoms in total. The van der Waals surface area contributed by atoms with E-state index < -0.39 is 6.10 Å². The van der Waals surface area contributed by atoms with Crippen molar-refractivity contribution in [3.8, 4) is 5.75 Å². The Morgan fingerprint density at radius 3 is 2.71 bits per heavy atom. The van der Waals surface area contributed by atoms with Crippen LogP contribution in [0.4, 0.5) is 5.69 Å². The van der Waals surface area contributed by atoms with Crippen molar-refractivity contribution < 1.29 is 14.4 Å². The smallest absolute Gasteiger partial charge is 0.268 e. The molecule has 4 rings (SSSR count). The molecule has 0 saturated carbocycles. The standard InChI is InChI=1S/C23H23BrN4O3/c1-14-22(15(2)28(26-14)13-16-8-10-17(24)11-9-16)25-23(29)21-12-19(27-31-21)18-6-4-5-7-20(18)30-3/h4-11,21H,12-13H2,1-3H3,(H,25,29). The van der Waals surface area contributed by atoms with Gasteiger partial charge in [0.15, 0.2) is 0 Å². The van der Waals surface area contributed by atoms with Crippen LogP contribution in [0.1, 0.15) is 28.9 Å². The number of amides is 1. The third-order valence-corrected chi connectivity index (χ3v) is 5.78. The van der Waals surface area contributed by atoms with Crippen molar-refractivity contribution in [1.82, 2.24) is 9.78 Å². The molecule has 0 fully saturated rings. The Labute approximate surface area is 189 Å². The largest absolute Gasteiger partial charge is 0.496 e. The van der Waals surface area contributed by atoms with Crippen molar-refractivity contribution >= 4 is 33.2 Å². The summed E-state index contributed by atoms with van der Waals surface area (Å²) in [4.78, 5) is 18.3. The lowest BCUT2D eigenvalue weighted by Gasteiger charge is -2.11. The molecule has 1 amide bonds. The molecule has 1 aliphatic rings. The number of para-hydroxylation sites is 1. The number of anilines is 1. The van der Waals surface area contributed by atoms with Gasteiger partial charge in [0.25, 0.3) is 5.91 Å². The van der Waals surface area contributed by atoms with E-state index in [1.807, 2.05) is 67.1 Å². The first-order valence-electron chi connectivity index (χ1n) is 9.91. The number of methoxy groups -OCH3 is 1. The van der Waals surface area contributed by atoms with Gasteiger partial charge in [0.05, 0.1) is 36.4 Å². The van der Waals surface area contributed by atoms with E-state index in [4.69, 9.17) is 9.57 Å². The Morgan fingerprint density at radius 1 is 1.23 bits per heavy atom. The minimum atomic E-state index is -0.700. The van der Waals surface area contributed by atoms with Crippen molar-refractivity contribution in [2.75, 3.05) is 12.4 Å². The van der Waals surface area contributed by atoms with Gasteiger partial charge in [-0.1, -0.05) is 45.4 Å². The van der Waals surface area contributed by atoms with Gasteiger partial charge in [-0.15, -0.1) is 0 Å². The normalized spacial score (nSPS) is 15.4. The first-order valence-corrected chi connectivity index (χ1v) is 10.7. The van der Waals surface area contributed by atoms with Crippen LogP contribution in [0.25, 0.3) is 0 Å². The highest BCUT2D eigenvalue weighted by molar-refractivity contribution is 9.10. The Bertz CT molecular complexity index is 1140. The van der Waals surface area contributed by atoms with Crippen LogP contribution in [0, 0.1) is 13.8 Å². The van der Waals surface area contributed by atoms with Crippen LogP contribution in [0.2, 0.25) is 0 Å². The molecule has 160 valence electrons. The van der Waals surface area contributed by atoms with E-state index in [1.54, 1.807) is 7.11 Å². The van der Waals surface area contributed by atoms with Gasteiger partial charge in [0.1, 0.15) is 5.75 Å². The van der Waals surface area contributed by atoms with Gasteiger partial charge in [0.2, 0.25) is 6.10 Å². The predicted molar refractivity (Wildman–Crippen MR) is 123 cm³/mol. The summed E-state index contributed by atoms with van der Waals surface area (Å²) >= 11 is 3.45. The molecule has 31 heavy (non-hydrogen) atoms. The zero-order valence-electron chi connectivity index (χ0n) is 17.6. The summed E-state index contributed by atoms with van der Waals surface area (Å²) in [7, 11) is 1.61. The summed E-state index contributed by atoms with van der Waals surface area (Å²) in [6.45, 7) is 4.45. The van der Waals surface area contributed by atoms with Crippen LogP contribution in [0.3, 0.4) is 0 Å². The van der Waals surface area contributed by atoms with E-state index in [1.165, 1.54) is 0 Å². The van der Waals surface area contributed by atoms with E-state index >= 15 is 0 Å². The fourth-order valence-electron chi connectivity index (χ4n) is 3.56. The molecule has 3 aromatic rings. The molecule has 1 atom stereocenters. The third kappa shape index (κ3) is 4.49. The zero-order chi connectivity index (χ0) is 22.0. The highest BCUT2D eigenvalue weighted by Crippen LogP contribution is 2.26. The van der Waals surface area contributed by atoms with Crippen LogP contribution in [-0.2, 0) is 16.2 Å². The van der Waals surface area contributed by atoms with E-state index in [9.17, 15) is 4.79 Å². The van der Waals surface area contributed by atoms with Crippen molar-refractivity contribution in [3.05, 3.63) is 75.5 Å². The topological polar surface area (TPSA) is 77.7 Å². The Hall–Kier alpha value is -3.13. The zero-order valence-corrected chi connectivity index (χ0v) is 19.1. The van der Waals surface area contributed by atoms with Gasteiger partial charge in [0, 0.05) is 16.5 Å². The second-order valence-electron chi connectivity index (χ2n) is 7.36. The fraction of sp³-hybridized carbons (Fsp3) is 0.261. The van der Waals surface area contributed by atoms with Gasteiger partial charge in [-0.05, 0) is 43.7 Å². The number of aryl methyl sites for hydroxylation is 1. The second-order valence-corrected chi connectivity index (χ2v) is 8.27. The number of benzene rings is 2. The molecule has 1 N–H and O–H groups in total. The Balaban J connectivity index is 1.45. The number of carbonyl (C=O) groups excluding carboxylic acids is 1. The van der Waals surface area contributed by atoms with E-state index in [-0.39, 0.29) is 5.91 Å². The summed E-state index contributed by atoms with van der Waals surface area (Å²) in [5.74, 6) is 0.454. The van der Waals surface area contributed by atoms with Gasteiger partial charge in [-0.25, -0.2) is 0 Å². The highest BCUT2D eigenvalue weighted by Gasteiger charge is 2.31. The first kappa shape index (κ1) is 21.1. The molecule has 8 heteroatoms. The van der Waals surface area contributed by atoms with Gasteiger partial charge in [-0.3, -0.25) is 9.48 Å². The second kappa shape index (κ2) is 8.93. The van der Waals surface area contributed by atoms with Crippen molar-refractivity contribution in [3.63, 3.8) is 0 Å². The molecule has 0 saturated heterocycles. The monoisotopic (exact) mass is 482 g/mol. The Kier molecular flexibility index (Phi) is 6.08. The number of halogens is 1. The van der Waals surface area contributed by atoms with Crippen LogP contribution < -0.4 is 10.1 Å². The number of ether oxygens (including phenoxy) is 1. The molecule has 0 radical (unpaired) electrons. The SMILES string of the molecule is COc1ccccc1C1=NOC(C(=O)Nc2c(C)nn(Cc3ccc(Br)cc3)c2C)C1. The van der Waals surface area contributed by atoms with Crippen molar-refractivity contribution in [1.29, 1.82) is 0 Å². The molecule has 0 spiro atoms. The van der Waals surface area contributed by atoms with Gasteiger partial charge in [-0.2, -0.15) is 5.10 Å². The third-order valence-electron chi connectivity index (χ3n) is 5.25. The maximum atomic E-state index is 12.9. The summed E-state index contributed by atoms with van der Waals surface area (Å²) in [6, 6.07) is 15.6. The molecule has 0 bridgehead atoms. The van der Waals surface area contributed by atoms with Crippen molar-refractivity contribution in [2.45, 2.75) is 32.9 Å². The maximum Gasteiger partial charge on any atom is 0.268 e. The molecular formula is C23H23BrN4O3.